The van der Waals surface area contributed by atoms with Gasteiger partial charge in [-0.2, -0.15) is 0 Å². The van der Waals surface area contributed by atoms with Crippen LogP contribution in [-0.4, -0.2) is 40.3 Å². The molecule has 0 unspecified atom stereocenters. The molecule has 1 atom stereocenters. The first kappa shape index (κ1) is 21.0. The number of nitrogens with zero attached hydrogens (tertiary/aromatic N) is 2. The minimum atomic E-state index is -0.973. The van der Waals surface area contributed by atoms with Crippen LogP contribution < -0.4 is 5.32 Å². The van der Waals surface area contributed by atoms with Crippen LogP contribution in [-0.2, 0) is 20.9 Å². The number of carbonyl (C=O) groups is 2. The molecule has 1 fully saturated rings. The van der Waals surface area contributed by atoms with E-state index >= 15 is 0 Å². The average molecular weight is 460 g/mol. The third kappa shape index (κ3) is 5.02. The molecule has 1 N–H and O–H groups in total. The van der Waals surface area contributed by atoms with E-state index in [2.05, 4.69) is 26.2 Å². The quantitative estimate of drug-likeness (QED) is 0.737. The maximum absolute atomic E-state index is 12.9. The largest absolute Gasteiger partial charge is 0.444 e. The van der Waals surface area contributed by atoms with Crippen molar-refractivity contribution in [2.24, 2.45) is 0 Å². The molecule has 7 nitrogen and oxygen atoms in total. The Balaban J connectivity index is 1.71. The number of aromatic nitrogens is 1. The van der Waals surface area contributed by atoms with Gasteiger partial charge in [-0.25, -0.2) is 4.79 Å². The van der Waals surface area contributed by atoms with Crippen molar-refractivity contribution in [2.45, 2.75) is 32.2 Å². The van der Waals surface area contributed by atoms with Gasteiger partial charge in [-0.1, -0.05) is 52.3 Å². The lowest BCUT2D eigenvalue weighted by molar-refractivity contribution is -0.124. The molecule has 2 amide bonds. The fourth-order valence-corrected chi connectivity index (χ4v) is 3.37. The van der Waals surface area contributed by atoms with Crippen LogP contribution in [0.5, 0.6) is 0 Å². The Morgan fingerprint density at radius 3 is 2.66 bits per heavy atom. The summed E-state index contributed by atoms with van der Waals surface area (Å²) >= 11 is 3.25. The van der Waals surface area contributed by atoms with E-state index < -0.39 is 17.9 Å². The lowest BCUT2D eigenvalue weighted by Crippen LogP contribution is -2.53. The Hall–Kier alpha value is -2.71. The third-order valence-electron chi connectivity index (χ3n) is 4.50. The number of nitrogens with one attached hydrogen (secondary N) is 1. The van der Waals surface area contributed by atoms with Crippen LogP contribution >= 0.6 is 15.9 Å². The predicted octanol–water partition coefficient (Wildman–Crippen LogP) is 3.66. The van der Waals surface area contributed by atoms with Gasteiger partial charge in [0.25, 0.3) is 0 Å². The first-order valence-corrected chi connectivity index (χ1v) is 10.0. The summed E-state index contributed by atoms with van der Waals surface area (Å²) in [5, 5.41) is 2.80. The number of carbonyl (C=O) groups excluding carboxylic acids is 2. The van der Waals surface area contributed by atoms with Crippen molar-refractivity contribution < 1.29 is 19.1 Å². The molecule has 2 aromatic rings. The predicted molar refractivity (Wildman–Crippen MR) is 112 cm³/mol. The number of rotatable bonds is 5. The Kier molecular flexibility index (Phi) is 6.66. The van der Waals surface area contributed by atoms with Crippen LogP contribution in [0.2, 0.25) is 0 Å². The molecule has 1 aliphatic rings. The molecule has 0 saturated carbocycles. The van der Waals surface area contributed by atoms with Gasteiger partial charge >= 0.3 is 6.09 Å². The minimum Gasteiger partial charge on any atom is -0.444 e. The lowest BCUT2D eigenvalue weighted by Gasteiger charge is -2.32. The van der Waals surface area contributed by atoms with Crippen LogP contribution in [0, 0.1) is 0 Å². The summed E-state index contributed by atoms with van der Waals surface area (Å²) in [6, 6.07) is 13.9. The highest BCUT2D eigenvalue weighted by atomic mass is 79.9. The van der Waals surface area contributed by atoms with Crippen molar-refractivity contribution in [3.05, 3.63) is 71.0 Å². The number of ether oxygens (including phenoxy) is 2. The molecular weight excluding hydrogens is 438 g/mol. The second-order valence-corrected chi connectivity index (χ2v) is 7.37. The second-order valence-electron chi connectivity index (χ2n) is 6.91. The third-order valence-corrected chi connectivity index (χ3v) is 4.96. The van der Waals surface area contributed by atoms with Crippen molar-refractivity contribution in [1.29, 1.82) is 0 Å². The van der Waals surface area contributed by atoms with Gasteiger partial charge in [-0.3, -0.25) is 14.7 Å². The van der Waals surface area contributed by atoms with Crippen molar-refractivity contribution in [3.8, 4) is 0 Å². The topological polar surface area (TPSA) is 80.8 Å². The van der Waals surface area contributed by atoms with Gasteiger partial charge in [0.2, 0.25) is 5.91 Å². The highest BCUT2D eigenvalue weighted by Gasteiger charge is 2.48. The summed E-state index contributed by atoms with van der Waals surface area (Å²) in [6.07, 6.45) is 1.02. The van der Waals surface area contributed by atoms with Crippen LogP contribution in [0.1, 0.15) is 25.1 Å². The standard InChI is InChI=1S/C21H22BrN3O4/c1-21(2)25(20(27)28-13-15-8-4-3-5-9-15)18(14-29-21)19(26)24-17(12-22)16-10-6-7-11-23-16/h3-12,18H,13-14H2,1-2H3,(H,24,26)/b17-12+/t18-/m0/s1. The Labute approximate surface area is 177 Å². The van der Waals surface area contributed by atoms with E-state index in [9.17, 15) is 9.59 Å². The van der Waals surface area contributed by atoms with Crippen molar-refractivity contribution >= 4 is 33.6 Å². The maximum atomic E-state index is 12.9. The summed E-state index contributed by atoms with van der Waals surface area (Å²) in [5.41, 5.74) is 0.963. The summed E-state index contributed by atoms with van der Waals surface area (Å²) in [5.74, 6) is -0.386. The number of benzene rings is 1. The number of amides is 2. The number of hydrogen-bond acceptors (Lipinski definition) is 5. The van der Waals surface area contributed by atoms with E-state index in [-0.39, 0.29) is 19.1 Å². The van der Waals surface area contributed by atoms with Crippen LogP contribution in [0.4, 0.5) is 4.79 Å². The normalized spacial score (nSPS) is 18.4. The fourth-order valence-electron chi connectivity index (χ4n) is 3.02. The second kappa shape index (κ2) is 9.19. The molecule has 1 saturated heterocycles. The average Bonchev–Trinajstić information content (AvgIpc) is 3.06. The molecule has 8 heteroatoms. The zero-order valence-corrected chi connectivity index (χ0v) is 17.8. The van der Waals surface area contributed by atoms with Crippen molar-refractivity contribution in [2.75, 3.05) is 6.61 Å². The summed E-state index contributed by atoms with van der Waals surface area (Å²) in [4.78, 5) is 32.8. The number of pyridine rings is 1. The molecule has 1 aliphatic heterocycles. The molecule has 1 aromatic heterocycles. The van der Waals surface area contributed by atoms with Gasteiger partial charge in [0, 0.05) is 11.2 Å². The van der Waals surface area contributed by atoms with Gasteiger partial charge in [-0.15, -0.1) is 0 Å². The highest BCUT2D eigenvalue weighted by Crippen LogP contribution is 2.29. The summed E-state index contributed by atoms with van der Waals surface area (Å²) in [7, 11) is 0. The van der Waals surface area contributed by atoms with E-state index in [1.165, 1.54) is 4.90 Å². The Bertz CT molecular complexity index is 887. The molecular formula is C21H22BrN3O4. The summed E-state index contributed by atoms with van der Waals surface area (Å²) in [6.45, 7) is 3.63. The fraction of sp³-hybridized carbons (Fsp3) is 0.286. The van der Waals surface area contributed by atoms with Gasteiger partial charge in [0.15, 0.2) is 0 Å². The molecule has 1 aromatic carbocycles. The lowest BCUT2D eigenvalue weighted by atomic mass is 10.2. The van der Waals surface area contributed by atoms with E-state index in [1.807, 2.05) is 36.4 Å². The van der Waals surface area contributed by atoms with E-state index in [1.54, 1.807) is 37.2 Å². The zero-order chi connectivity index (χ0) is 20.9. The van der Waals surface area contributed by atoms with Gasteiger partial charge in [-0.05, 0) is 31.5 Å². The SMILES string of the molecule is CC1(C)OC[C@@H](C(=O)N/C(=C/Br)c2ccccn2)N1C(=O)OCc1ccccc1. The molecule has 152 valence electrons. The molecule has 3 rings (SSSR count). The van der Waals surface area contributed by atoms with E-state index in [0.717, 1.165) is 5.56 Å². The van der Waals surface area contributed by atoms with Crippen molar-refractivity contribution in [1.82, 2.24) is 15.2 Å². The van der Waals surface area contributed by atoms with Gasteiger partial charge in [0.05, 0.1) is 18.0 Å². The molecule has 29 heavy (non-hydrogen) atoms. The molecule has 0 radical (unpaired) electrons. The molecule has 2 heterocycles. The van der Waals surface area contributed by atoms with Gasteiger partial charge in [0.1, 0.15) is 18.4 Å². The first-order chi connectivity index (χ1) is 13.9. The van der Waals surface area contributed by atoms with Crippen LogP contribution in [0.15, 0.2) is 59.7 Å². The van der Waals surface area contributed by atoms with Crippen LogP contribution in [0.3, 0.4) is 0 Å². The monoisotopic (exact) mass is 459 g/mol. The molecule has 0 aliphatic carbocycles. The van der Waals surface area contributed by atoms with E-state index in [4.69, 9.17) is 9.47 Å². The first-order valence-electron chi connectivity index (χ1n) is 9.09. The smallest absolute Gasteiger partial charge is 0.413 e. The minimum absolute atomic E-state index is 0.0665. The molecule has 0 spiro atoms. The summed E-state index contributed by atoms with van der Waals surface area (Å²) < 4.78 is 11.1. The zero-order valence-electron chi connectivity index (χ0n) is 16.2. The number of hydrogen-bond donors (Lipinski definition) is 1. The van der Waals surface area contributed by atoms with E-state index in [0.29, 0.717) is 11.4 Å². The number of halogens is 1. The Morgan fingerprint density at radius 2 is 2.00 bits per heavy atom. The van der Waals surface area contributed by atoms with Crippen LogP contribution in [0.25, 0.3) is 5.70 Å². The molecule has 0 bridgehead atoms. The Morgan fingerprint density at radius 1 is 1.28 bits per heavy atom. The van der Waals surface area contributed by atoms with Crippen molar-refractivity contribution in [3.63, 3.8) is 0 Å². The maximum Gasteiger partial charge on any atom is 0.413 e. The highest BCUT2D eigenvalue weighted by molar-refractivity contribution is 9.11. The van der Waals surface area contributed by atoms with Gasteiger partial charge < -0.3 is 14.8 Å².